The maximum atomic E-state index is 11.6. The second-order valence-corrected chi connectivity index (χ2v) is 7.86. The van der Waals surface area contributed by atoms with Crippen molar-refractivity contribution >= 4 is 17.7 Å². The molecule has 7 heteroatoms. The molecule has 6 nitrogen and oxygen atoms in total. The van der Waals surface area contributed by atoms with Gasteiger partial charge in [-0.3, -0.25) is 4.98 Å². The molecule has 0 aliphatic heterocycles. The molecule has 1 aliphatic rings. The van der Waals surface area contributed by atoms with Crippen LogP contribution in [0.5, 0.6) is 5.75 Å². The topological polar surface area (TPSA) is 106 Å². The Kier molecular flexibility index (Phi) is 7.10. The van der Waals surface area contributed by atoms with E-state index < -0.39 is 17.6 Å². The van der Waals surface area contributed by atoms with E-state index in [9.17, 15) is 15.0 Å². The van der Waals surface area contributed by atoms with E-state index in [-0.39, 0.29) is 12.5 Å². The highest BCUT2D eigenvalue weighted by molar-refractivity contribution is 7.98. The Morgan fingerprint density at radius 3 is 2.76 bits per heavy atom. The van der Waals surface area contributed by atoms with Gasteiger partial charge in [0.2, 0.25) is 0 Å². The van der Waals surface area contributed by atoms with Crippen LogP contribution in [0, 0.1) is 5.92 Å². The number of pyridine rings is 1. The Labute approximate surface area is 153 Å². The lowest BCUT2D eigenvalue weighted by Crippen LogP contribution is -2.57. The Balaban J connectivity index is 2.07. The van der Waals surface area contributed by atoms with Crippen LogP contribution in [0.3, 0.4) is 0 Å². The highest BCUT2D eigenvalue weighted by Gasteiger charge is 2.42. The Morgan fingerprint density at radius 1 is 1.48 bits per heavy atom. The molecule has 2 atom stereocenters. The quantitative estimate of drug-likeness (QED) is 0.645. The van der Waals surface area contributed by atoms with Gasteiger partial charge in [0.1, 0.15) is 5.75 Å². The van der Waals surface area contributed by atoms with Crippen LogP contribution >= 0.6 is 11.8 Å². The van der Waals surface area contributed by atoms with Crippen molar-refractivity contribution in [2.45, 2.75) is 56.8 Å². The maximum Gasteiger partial charge on any atom is 0.337 e. The molecule has 0 saturated heterocycles. The third-order valence-corrected chi connectivity index (χ3v) is 5.53. The first kappa shape index (κ1) is 20.0. The molecule has 1 aromatic rings. The smallest absolute Gasteiger partial charge is 0.337 e. The van der Waals surface area contributed by atoms with Crippen LogP contribution in [-0.4, -0.2) is 50.9 Å². The number of nitrogens with zero attached hydrogens (tertiary/aromatic N) is 1. The number of carboxylic acids is 1. The number of carboxylic acid groups (broad SMARTS) is 1. The van der Waals surface area contributed by atoms with Gasteiger partial charge >= 0.3 is 5.97 Å². The summed E-state index contributed by atoms with van der Waals surface area (Å²) >= 11 is 1.40. The van der Waals surface area contributed by atoms with E-state index in [1.54, 1.807) is 18.3 Å². The van der Waals surface area contributed by atoms with Crippen LogP contribution in [0.4, 0.5) is 0 Å². The summed E-state index contributed by atoms with van der Waals surface area (Å²) in [6.45, 7) is 2.26. The number of aliphatic carboxylic acids is 1. The minimum absolute atomic E-state index is 0.150. The second kappa shape index (κ2) is 8.87. The van der Waals surface area contributed by atoms with E-state index in [1.165, 1.54) is 11.8 Å². The number of hydrogen-bond donors (Lipinski definition) is 3. The minimum Gasteiger partial charge on any atom is -0.490 e. The Hall–Kier alpha value is -1.31. The average molecular weight is 368 g/mol. The summed E-state index contributed by atoms with van der Waals surface area (Å²) in [5.74, 6) is 0.426. The molecule has 1 heterocycles. The van der Waals surface area contributed by atoms with Crippen molar-refractivity contribution in [3.8, 4) is 5.75 Å². The first-order valence-electron chi connectivity index (χ1n) is 8.67. The molecule has 25 heavy (non-hydrogen) atoms. The van der Waals surface area contributed by atoms with Crippen molar-refractivity contribution in [2.75, 3.05) is 12.0 Å². The number of nitrogens with two attached hydrogens (primary N) is 1. The van der Waals surface area contributed by atoms with Gasteiger partial charge in [-0.05, 0) is 43.9 Å². The molecule has 0 spiro atoms. The van der Waals surface area contributed by atoms with E-state index in [1.807, 2.05) is 6.26 Å². The third kappa shape index (κ3) is 5.33. The minimum atomic E-state index is -2.05. The first-order chi connectivity index (χ1) is 11.8. The van der Waals surface area contributed by atoms with Gasteiger partial charge in [-0.15, -0.1) is 0 Å². The van der Waals surface area contributed by atoms with Gasteiger partial charge in [0.05, 0.1) is 12.1 Å². The summed E-state index contributed by atoms with van der Waals surface area (Å²) in [6.07, 6.45) is 7.80. The number of carbonyl (C=O) groups is 1. The standard InChI is InChI=1S/C18H28N2O4S/c1-12-3-5-14(6-4-12)24-15-7-8-20-13(9-15)10-18(23,17(21)22)16(19)11-25-2/h7-9,12,14,16,23H,3-6,10-11,19H2,1-2H3,(H,21,22). The number of aliphatic hydroxyl groups is 1. The zero-order valence-corrected chi connectivity index (χ0v) is 15.7. The van der Waals surface area contributed by atoms with E-state index >= 15 is 0 Å². The molecule has 0 aromatic carbocycles. The second-order valence-electron chi connectivity index (χ2n) is 6.95. The van der Waals surface area contributed by atoms with Crippen LogP contribution in [0.25, 0.3) is 0 Å². The lowest BCUT2D eigenvalue weighted by atomic mass is 9.89. The number of thioether (sulfide) groups is 1. The van der Waals surface area contributed by atoms with E-state index in [0.29, 0.717) is 17.2 Å². The summed E-state index contributed by atoms with van der Waals surface area (Å²) in [4.78, 5) is 15.8. The normalized spacial score (nSPS) is 24.3. The molecule has 0 bridgehead atoms. The van der Waals surface area contributed by atoms with Crippen molar-refractivity contribution in [1.29, 1.82) is 0 Å². The molecule has 2 rings (SSSR count). The van der Waals surface area contributed by atoms with Crippen molar-refractivity contribution in [1.82, 2.24) is 4.98 Å². The van der Waals surface area contributed by atoms with Gasteiger partial charge in [-0.25, -0.2) is 4.79 Å². The first-order valence-corrected chi connectivity index (χ1v) is 10.1. The fourth-order valence-corrected chi connectivity index (χ4v) is 3.76. The van der Waals surface area contributed by atoms with Gasteiger partial charge < -0.3 is 20.7 Å². The molecule has 2 unspecified atom stereocenters. The molecule has 140 valence electrons. The molecule has 1 aliphatic carbocycles. The molecule has 0 radical (unpaired) electrons. The SMILES string of the molecule is CSCC(N)C(O)(Cc1cc(OC2CCC(C)CC2)ccn1)C(=O)O. The lowest BCUT2D eigenvalue weighted by Gasteiger charge is -2.29. The number of ether oxygens (including phenoxy) is 1. The number of hydrogen-bond acceptors (Lipinski definition) is 6. The molecule has 0 amide bonds. The predicted octanol–water partition coefficient (Wildman–Crippen LogP) is 2.09. The highest BCUT2D eigenvalue weighted by atomic mass is 32.2. The predicted molar refractivity (Wildman–Crippen MR) is 98.9 cm³/mol. The zero-order chi connectivity index (χ0) is 18.4. The van der Waals surface area contributed by atoms with Crippen LogP contribution in [0.2, 0.25) is 0 Å². The van der Waals surface area contributed by atoms with E-state index in [0.717, 1.165) is 31.6 Å². The maximum absolute atomic E-state index is 11.6. The van der Waals surface area contributed by atoms with Crippen molar-refractivity contribution in [2.24, 2.45) is 11.7 Å². The van der Waals surface area contributed by atoms with Gasteiger partial charge in [0.15, 0.2) is 5.60 Å². The molecule has 1 fully saturated rings. The van der Waals surface area contributed by atoms with Gasteiger partial charge in [-0.2, -0.15) is 11.8 Å². The summed E-state index contributed by atoms with van der Waals surface area (Å²) in [5, 5.41) is 20.0. The fraction of sp³-hybridized carbons (Fsp3) is 0.667. The summed E-state index contributed by atoms with van der Waals surface area (Å²) in [7, 11) is 0. The van der Waals surface area contributed by atoms with Gasteiger partial charge in [0, 0.05) is 30.1 Å². The molecule has 1 aromatic heterocycles. The monoisotopic (exact) mass is 368 g/mol. The Bertz CT molecular complexity index is 578. The summed E-state index contributed by atoms with van der Waals surface area (Å²) < 4.78 is 6.02. The Morgan fingerprint density at radius 2 is 2.16 bits per heavy atom. The van der Waals surface area contributed by atoms with Gasteiger partial charge in [0.25, 0.3) is 0 Å². The lowest BCUT2D eigenvalue weighted by molar-refractivity contribution is -0.160. The van der Waals surface area contributed by atoms with Crippen LogP contribution in [-0.2, 0) is 11.2 Å². The van der Waals surface area contributed by atoms with Crippen LogP contribution < -0.4 is 10.5 Å². The largest absolute Gasteiger partial charge is 0.490 e. The summed E-state index contributed by atoms with van der Waals surface area (Å²) in [6, 6.07) is 2.59. The number of aromatic nitrogens is 1. The molecule has 4 N–H and O–H groups in total. The molecular formula is C18H28N2O4S. The van der Waals surface area contributed by atoms with E-state index in [4.69, 9.17) is 10.5 Å². The van der Waals surface area contributed by atoms with Crippen LogP contribution in [0.1, 0.15) is 38.3 Å². The molecule has 1 saturated carbocycles. The third-order valence-electron chi connectivity index (χ3n) is 4.83. The highest BCUT2D eigenvalue weighted by Crippen LogP contribution is 2.28. The number of rotatable bonds is 8. The zero-order valence-electron chi connectivity index (χ0n) is 14.9. The van der Waals surface area contributed by atoms with Gasteiger partial charge in [-0.1, -0.05) is 6.92 Å². The van der Waals surface area contributed by atoms with Crippen molar-refractivity contribution < 1.29 is 19.7 Å². The summed E-state index contributed by atoms with van der Waals surface area (Å²) in [5.41, 5.74) is 4.32. The average Bonchev–Trinajstić information content (AvgIpc) is 2.57. The van der Waals surface area contributed by atoms with Crippen molar-refractivity contribution in [3.63, 3.8) is 0 Å². The fourth-order valence-electron chi connectivity index (χ4n) is 3.12. The van der Waals surface area contributed by atoms with Crippen molar-refractivity contribution in [3.05, 3.63) is 24.0 Å². The van der Waals surface area contributed by atoms with E-state index in [2.05, 4.69) is 11.9 Å². The van der Waals surface area contributed by atoms with Crippen LogP contribution in [0.15, 0.2) is 18.3 Å². The molecular weight excluding hydrogens is 340 g/mol.